The maximum atomic E-state index is 12.1. The Kier molecular flexibility index (Phi) is 3.98. The molecule has 0 atom stereocenters. The van der Waals surface area contributed by atoms with Gasteiger partial charge in [0.25, 0.3) is 10.2 Å². The Balaban J connectivity index is 1.25. The van der Waals surface area contributed by atoms with E-state index in [1.165, 1.54) is 12.8 Å². The highest BCUT2D eigenvalue weighted by atomic mass is 32.2. The van der Waals surface area contributed by atoms with Crippen molar-refractivity contribution in [3.05, 3.63) is 17.8 Å². The Hall–Kier alpha value is -1.25. The van der Waals surface area contributed by atoms with E-state index in [9.17, 15) is 8.42 Å². The molecule has 1 aliphatic carbocycles. The minimum Gasteiger partial charge on any atom is -0.354 e. The zero-order valence-corrected chi connectivity index (χ0v) is 14.0. The van der Waals surface area contributed by atoms with E-state index >= 15 is 0 Å². The van der Waals surface area contributed by atoms with Crippen molar-refractivity contribution in [1.29, 1.82) is 0 Å². The third-order valence-corrected chi connectivity index (χ3v) is 6.48. The van der Waals surface area contributed by atoms with Crippen LogP contribution in [0.1, 0.15) is 37.3 Å². The van der Waals surface area contributed by atoms with Crippen LogP contribution < -0.4 is 9.62 Å². The van der Waals surface area contributed by atoms with Gasteiger partial charge in [-0.1, -0.05) is 0 Å². The molecule has 1 aromatic rings. The Labute approximate surface area is 137 Å². The second-order valence-electron chi connectivity index (χ2n) is 6.82. The van der Waals surface area contributed by atoms with E-state index < -0.39 is 10.2 Å². The van der Waals surface area contributed by atoms with Gasteiger partial charge in [0.05, 0.1) is 5.69 Å². The monoisotopic (exact) mass is 337 g/mol. The number of rotatable bonds is 6. The summed E-state index contributed by atoms with van der Waals surface area (Å²) in [5, 5.41) is 8.59. The summed E-state index contributed by atoms with van der Waals surface area (Å²) in [5.41, 5.74) is 1.10. The van der Waals surface area contributed by atoms with Crippen LogP contribution in [0.3, 0.4) is 0 Å². The normalized spacial score (nSPS) is 23.2. The summed E-state index contributed by atoms with van der Waals surface area (Å²) in [6.45, 7) is 3.47. The van der Waals surface area contributed by atoms with E-state index in [4.69, 9.17) is 0 Å². The van der Waals surface area contributed by atoms with Crippen LogP contribution in [-0.4, -0.2) is 55.6 Å². The van der Waals surface area contributed by atoms with Crippen molar-refractivity contribution >= 4 is 16.0 Å². The molecule has 0 aromatic carbocycles. The molecule has 3 aliphatic rings. The lowest BCUT2D eigenvalue weighted by Crippen LogP contribution is -2.53. The first-order chi connectivity index (χ1) is 11.1. The van der Waals surface area contributed by atoms with Gasteiger partial charge < -0.3 is 4.90 Å². The fraction of sp³-hybridized carbons (Fsp3) is 0.733. The van der Waals surface area contributed by atoms with Crippen LogP contribution in [0.5, 0.6) is 0 Å². The van der Waals surface area contributed by atoms with E-state index in [0.717, 1.165) is 37.4 Å². The summed E-state index contributed by atoms with van der Waals surface area (Å²) < 4.78 is 28.5. The van der Waals surface area contributed by atoms with Crippen molar-refractivity contribution in [2.24, 2.45) is 5.92 Å². The highest BCUT2D eigenvalue weighted by Gasteiger charge is 2.32. The number of aromatic nitrogens is 2. The van der Waals surface area contributed by atoms with Gasteiger partial charge in [0.1, 0.15) is 0 Å². The Morgan fingerprint density at radius 1 is 1.13 bits per heavy atom. The number of anilines is 1. The van der Waals surface area contributed by atoms with Gasteiger partial charge in [-0.2, -0.15) is 17.8 Å². The maximum Gasteiger partial charge on any atom is 0.279 e. The highest BCUT2D eigenvalue weighted by molar-refractivity contribution is 7.87. The zero-order valence-electron chi connectivity index (χ0n) is 13.2. The molecule has 126 valence electrons. The number of nitrogens with one attached hydrogen (secondary N) is 1. The summed E-state index contributed by atoms with van der Waals surface area (Å²) >= 11 is 0. The second-order valence-corrected chi connectivity index (χ2v) is 8.58. The Morgan fingerprint density at radius 3 is 2.48 bits per heavy atom. The average Bonchev–Trinajstić information content (AvgIpc) is 3.19. The minimum absolute atomic E-state index is 0.345. The van der Waals surface area contributed by atoms with Gasteiger partial charge in [-0.25, -0.2) is 4.72 Å². The summed E-state index contributed by atoms with van der Waals surface area (Å²) in [6, 6.07) is 4.11. The molecule has 4 rings (SSSR count). The quantitative estimate of drug-likeness (QED) is 0.827. The molecule has 8 heteroatoms. The van der Waals surface area contributed by atoms with Crippen LogP contribution in [0.15, 0.2) is 12.1 Å². The first kappa shape index (κ1) is 15.3. The second kappa shape index (κ2) is 5.99. The smallest absolute Gasteiger partial charge is 0.279 e. The van der Waals surface area contributed by atoms with E-state index in [2.05, 4.69) is 25.9 Å². The number of nitrogens with zero attached hydrogens (tertiary/aromatic N) is 4. The van der Waals surface area contributed by atoms with Gasteiger partial charge in [-0.3, -0.25) is 0 Å². The van der Waals surface area contributed by atoms with Crippen LogP contribution in [0.2, 0.25) is 0 Å². The zero-order chi connectivity index (χ0) is 15.9. The largest absolute Gasteiger partial charge is 0.354 e. The summed E-state index contributed by atoms with van der Waals surface area (Å²) in [7, 11) is -3.28. The topological polar surface area (TPSA) is 78.4 Å². The van der Waals surface area contributed by atoms with Crippen molar-refractivity contribution in [1.82, 2.24) is 19.2 Å². The summed E-state index contributed by atoms with van der Waals surface area (Å²) in [5.74, 6) is 1.87. The molecule has 0 radical (unpaired) electrons. The van der Waals surface area contributed by atoms with Gasteiger partial charge in [0, 0.05) is 44.6 Å². The van der Waals surface area contributed by atoms with E-state index in [0.29, 0.717) is 31.5 Å². The predicted molar refractivity (Wildman–Crippen MR) is 87.4 cm³/mol. The first-order valence-electron chi connectivity index (χ1n) is 8.45. The molecule has 0 amide bonds. The molecule has 1 aromatic heterocycles. The SMILES string of the molecule is O=S(=O)(NCC1CN(c2ccc(C3CC3)nn2)C1)N1CCCC1. The number of hydrogen-bond acceptors (Lipinski definition) is 5. The molecular weight excluding hydrogens is 314 g/mol. The van der Waals surface area contributed by atoms with Crippen molar-refractivity contribution < 1.29 is 8.42 Å². The summed E-state index contributed by atoms with van der Waals surface area (Å²) in [6.07, 6.45) is 4.40. The lowest BCUT2D eigenvalue weighted by molar-refractivity contribution is 0.392. The molecule has 0 unspecified atom stereocenters. The van der Waals surface area contributed by atoms with Gasteiger partial charge in [-0.05, 0) is 37.8 Å². The van der Waals surface area contributed by atoms with Crippen LogP contribution in [0.4, 0.5) is 5.82 Å². The minimum atomic E-state index is -3.28. The molecule has 1 saturated carbocycles. The van der Waals surface area contributed by atoms with Crippen LogP contribution >= 0.6 is 0 Å². The van der Waals surface area contributed by atoms with Gasteiger partial charge >= 0.3 is 0 Å². The lowest BCUT2D eigenvalue weighted by Gasteiger charge is -2.40. The van der Waals surface area contributed by atoms with Crippen LogP contribution in [-0.2, 0) is 10.2 Å². The predicted octanol–water partition coefficient (Wildman–Crippen LogP) is 0.720. The molecule has 3 heterocycles. The molecule has 7 nitrogen and oxygen atoms in total. The van der Waals surface area contributed by atoms with Crippen molar-refractivity contribution in [2.45, 2.75) is 31.6 Å². The van der Waals surface area contributed by atoms with Gasteiger partial charge in [-0.15, -0.1) is 5.10 Å². The molecular formula is C15H23N5O2S. The molecule has 23 heavy (non-hydrogen) atoms. The molecule has 1 N–H and O–H groups in total. The fourth-order valence-corrected chi connectivity index (χ4v) is 4.60. The highest BCUT2D eigenvalue weighted by Crippen LogP contribution is 2.38. The Morgan fingerprint density at radius 2 is 1.87 bits per heavy atom. The van der Waals surface area contributed by atoms with Crippen molar-refractivity contribution in [2.75, 3.05) is 37.6 Å². The third-order valence-electron chi connectivity index (χ3n) is 4.91. The lowest BCUT2D eigenvalue weighted by atomic mass is 10.0. The van der Waals surface area contributed by atoms with Gasteiger partial charge in [0.15, 0.2) is 5.82 Å². The molecule has 2 aliphatic heterocycles. The van der Waals surface area contributed by atoms with Crippen LogP contribution in [0, 0.1) is 5.92 Å². The van der Waals surface area contributed by atoms with E-state index in [1.54, 1.807) is 4.31 Å². The van der Waals surface area contributed by atoms with Gasteiger partial charge in [0.2, 0.25) is 0 Å². The fourth-order valence-electron chi connectivity index (χ4n) is 3.23. The molecule has 3 fully saturated rings. The number of hydrogen-bond donors (Lipinski definition) is 1. The van der Waals surface area contributed by atoms with E-state index in [1.807, 2.05) is 6.07 Å². The van der Waals surface area contributed by atoms with E-state index in [-0.39, 0.29) is 0 Å². The summed E-state index contributed by atoms with van der Waals surface area (Å²) in [4.78, 5) is 2.15. The van der Waals surface area contributed by atoms with Crippen molar-refractivity contribution in [3.63, 3.8) is 0 Å². The average molecular weight is 337 g/mol. The maximum absolute atomic E-state index is 12.1. The molecule has 0 spiro atoms. The van der Waals surface area contributed by atoms with Crippen LogP contribution in [0.25, 0.3) is 0 Å². The molecule has 2 saturated heterocycles. The Bertz CT molecular complexity index is 647. The van der Waals surface area contributed by atoms with Crippen molar-refractivity contribution in [3.8, 4) is 0 Å². The standard InChI is InChI=1S/C15H23N5O2S/c21-23(22,20-7-1-2-8-20)16-9-12-10-19(11-12)15-6-5-14(17-18-15)13-3-4-13/h5-6,12-13,16H,1-4,7-11H2. The third kappa shape index (κ3) is 3.34. The molecule has 0 bridgehead atoms. The first-order valence-corrected chi connectivity index (χ1v) is 9.89.